The molecule has 0 aromatic carbocycles. The number of hydrogen-bond acceptors (Lipinski definition) is 2. The van der Waals surface area contributed by atoms with E-state index in [1.54, 1.807) is 0 Å². The van der Waals surface area contributed by atoms with Crippen molar-refractivity contribution in [2.24, 2.45) is 0 Å². The zero-order valence-corrected chi connectivity index (χ0v) is 7.73. The van der Waals surface area contributed by atoms with Crippen molar-refractivity contribution in [2.75, 3.05) is 0 Å². The highest BCUT2D eigenvalue weighted by Gasteiger charge is 2.38. The molecule has 1 rings (SSSR count). The topological polar surface area (TPSA) is 26.3 Å². The van der Waals surface area contributed by atoms with Crippen LogP contribution < -0.4 is 0 Å². The monoisotopic (exact) mass is 156 g/mol. The number of ketones is 1. The predicted molar refractivity (Wildman–Crippen MR) is 43.5 cm³/mol. The highest BCUT2D eigenvalue weighted by Crippen LogP contribution is 2.32. The Morgan fingerprint density at radius 1 is 1.09 bits per heavy atom. The molecule has 0 aliphatic carbocycles. The van der Waals surface area contributed by atoms with Crippen LogP contribution in [0.2, 0.25) is 0 Å². The average Bonchev–Trinajstić information content (AvgIpc) is 1.49. The van der Waals surface area contributed by atoms with Gasteiger partial charge in [-0.1, -0.05) is 0 Å². The summed E-state index contributed by atoms with van der Waals surface area (Å²) in [4.78, 5) is 11.2. The number of ether oxygens (including phenoxy) is 1. The second kappa shape index (κ2) is 2.31. The summed E-state index contributed by atoms with van der Waals surface area (Å²) in [5.74, 6) is 0.311. The van der Waals surface area contributed by atoms with Gasteiger partial charge in [-0.3, -0.25) is 4.79 Å². The van der Waals surface area contributed by atoms with Gasteiger partial charge in [0.2, 0.25) is 0 Å². The quantitative estimate of drug-likeness (QED) is 0.535. The smallest absolute Gasteiger partial charge is 0.138 e. The van der Waals surface area contributed by atoms with E-state index >= 15 is 0 Å². The fourth-order valence-electron chi connectivity index (χ4n) is 1.83. The van der Waals surface area contributed by atoms with Crippen molar-refractivity contribution in [2.45, 2.75) is 51.7 Å². The first-order valence-corrected chi connectivity index (χ1v) is 4.03. The Labute approximate surface area is 67.9 Å². The summed E-state index contributed by atoms with van der Waals surface area (Å²) in [6, 6.07) is 0. The average molecular weight is 156 g/mol. The minimum absolute atomic E-state index is 0.265. The molecule has 0 radical (unpaired) electrons. The Balaban J connectivity index is 2.74. The van der Waals surface area contributed by atoms with Gasteiger partial charge < -0.3 is 4.74 Å². The van der Waals surface area contributed by atoms with Gasteiger partial charge >= 0.3 is 0 Å². The van der Waals surface area contributed by atoms with E-state index in [9.17, 15) is 4.79 Å². The molecule has 1 fully saturated rings. The zero-order valence-electron chi connectivity index (χ0n) is 7.73. The summed E-state index contributed by atoms with van der Waals surface area (Å²) < 4.78 is 5.71. The summed E-state index contributed by atoms with van der Waals surface area (Å²) in [5.41, 5.74) is -0.530. The number of rotatable bonds is 0. The molecule has 1 heterocycles. The number of hydrogen-bond donors (Lipinski definition) is 0. The summed E-state index contributed by atoms with van der Waals surface area (Å²) in [6.45, 7) is 7.86. The van der Waals surface area contributed by atoms with E-state index in [1.165, 1.54) is 0 Å². The van der Waals surface area contributed by atoms with Gasteiger partial charge in [-0.05, 0) is 27.7 Å². The molecular formula is C9H16O2. The Kier molecular flexibility index (Phi) is 1.83. The molecule has 0 bridgehead atoms. The number of Topliss-reactive ketones (excluding diaryl/α,β-unsaturated/α-hetero) is 1. The minimum atomic E-state index is -0.265. The van der Waals surface area contributed by atoms with Crippen LogP contribution in [0.5, 0.6) is 0 Å². The normalized spacial score (nSPS) is 28.5. The third-order valence-corrected chi connectivity index (χ3v) is 1.80. The first-order valence-electron chi connectivity index (χ1n) is 4.03. The maximum atomic E-state index is 11.2. The highest BCUT2D eigenvalue weighted by atomic mass is 16.5. The molecule has 1 aliphatic rings. The largest absolute Gasteiger partial charge is 0.369 e. The molecule has 2 nitrogen and oxygen atoms in total. The van der Waals surface area contributed by atoms with E-state index in [0.717, 1.165) is 0 Å². The van der Waals surface area contributed by atoms with E-state index in [1.807, 2.05) is 27.7 Å². The lowest BCUT2D eigenvalue weighted by molar-refractivity contribution is -0.169. The van der Waals surface area contributed by atoms with Crippen molar-refractivity contribution in [1.82, 2.24) is 0 Å². The summed E-state index contributed by atoms with van der Waals surface area (Å²) in [7, 11) is 0. The van der Waals surface area contributed by atoms with Crippen LogP contribution in [0.15, 0.2) is 0 Å². The molecule has 1 saturated heterocycles. The lowest BCUT2D eigenvalue weighted by atomic mass is 9.88. The van der Waals surface area contributed by atoms with Crippen LogP contribution in [-0.2, 0) is 9.53 Å². The molecule has 0 aromatic heterocycles. The molecule has 0 aromatic rings. The van der Waals surface area contributed by atoms with Crippen LogP contribution in [0.3, 0.4) is 0 Å². The van der Waals surface area contributed by atoms with E-state index in [-0.39, 0.29) is 11.2 Å². The predicted octanol–water partition coefficient (Wildman–Crippen LogP) is 1.92. The standard InChI is InChI=1S/C9H16O2/c1-8(2)5-7(10)6-9(3,4)11-8/h5-6H2,1-4H3. The van der Waals surface area contributed by atoms with Crippen LogP contribution in [0.4, 0.5) is 0 Å². The summed E-state index contributed by atoms with van der Waals surface area (Å²) in [6.07, 6.45) is 1.10. The lowest BCUT2D eigenvalue weighted by Gasteiger charge is -2.40. The molecule has 0 atom stereocenters. The van der Waals surface area contributed by atoms with Crippen molar-refractivity contribution >= 4 is 5.78 Å². The minimum Gasteiger partial charge on any atom is -0.369 e. The molecule has 64 valence electrons. The van der Waals surface area contributed by atoms with Gasteiger partial charge in [0.25, 0.3) is 0 Å². The van der Waals surface area contributed by atoms with Crippen LogP contribution in [0.1, 0.15) is 40.5 Å². The fraction of sp³-hybridized carbons (Fsp3) is 0.889. The van der Waals surface area contributed by atoms with Crippen molar-refractivity contribution in [3.8, 4) is 0 Å². The van der Waals surface area contributed by atoms with Crippen LogP contribution >= 0.6 is 0 Å². The first-order chi connectivity index (χ1) is 4.81. The van der Waals surface area contributed by atoms with Crippen molar-refractivity contribution in [3.05, 3.63) is 0 Å². The van der Waals surface area contributed by atoms with Crippen molar-refractivity contribution < 1.29 is 9.53 Å². The molecule has 0 saturated carbocycles. The van der Waals surface area contributed by atoms with Crippen molar-refractivity contribution in [1.29, 1.82) is 0 Å². The van der Waals surface area contributed by atoms with Gasteiger partial charge in [0.05, 0.1) is 11.2 Å². The van der Waals surface area contributed by atoms with Crippen LogP contribution in [0, 0.1) is 0 Å². The second-order valence-corrected chi connectivity index (χ2v) is 4.51. The Morgan fingerprint density at radius 2 is 1.45 bits per heavy atom. The maximum Gasteiger partial charge on any atom is 0.138 e. The van der Waals surface area contributed by atoms with Crippen LogP contribution in [-0.4, -0.2) is 17.0 Å². The van der Waals surface area contributed by atoms with E-state index < -0.39 is 0 Å². The lowest BCUT2D eigenvalue weighted by Crippen LogP contribution is -2.45. The highest BCUT2D eigenvalue weighted by molar-refractivity contribution is 5.81. The van der Waals surface area contributed by atoms with E-state index in [4.69, 9.17) is 4.74 Å². The van der Waals surface area contributed by atoms with Crippen molar-refractivity contribution in [3.63, 3.8) is 0 Å². The molecule has 0 unspecified atom stereocenters. The SMILES string of the molecule is CC1(C)CC(=O)CC(C)(C)O1. The second-order valence-electron chi connectivity index (χ2n) is 4.51. The Morgan fingerprint density at radius 3 is 1.73 bits per heavy atom. The van der Waals surface area contributed by atoms with Gasteiger partial charge in [-0.25, -0.2) is 0 Å². The number of carbonyl (C=O) groups excluding carboxylic acids is 1. The van der Waals surface area contributed by atoms with Gasteiger partial charge in [-0.15, -0.1) is 0 Å². The molecule has 1 aliphatic heterocycles. The molecule has 2 heteroatoms. The third-order valence-electron chi connectivity index (χ3n) is 1.80. The molecule has 11 heavy (non-hydrogen) atoms. The summed E-state index contributed by atoms with van der Waals surface area (Å²) >= 11 is 0. The summed E-state index contributed by atoms with van der Waals surface area (Å²) in [5, 5.41) is 0. The fourth-order valence-corrected chi connectivity index (χ4v) is 1.83. The van der Waals surface area contributed by atoms with Gasteiger partial charge in [0.1, 0.15) is 5.78 Å². The molecule has 0 spiro atoms. The molecule has 0 N–H and O–H groups in total. The zero-order chi connectivity index (χ0) is 8.70. The van der Waals surface area contributed by atoms with Gasteiger partial charge in [-0.2, -0.15) is 0 Å². The Hall–Kier alpha value is -0.370. The third kappa shape index (κ3) is 2.29. The molecule has 0 amide bonds. The Bertz CT molecular complexity index is 162. The van der Waals surface area contributed by atoms with Gasteiger partial charge in [0, 0.05) is 12.8 Å². The maximum absolute atomic E-state index is 11.2. The van der Waals surface area contributed by atoms with E-state index in [2.05, 4.69) is 0 Å². The number of carbonyl (C=O) groups is 1. The first kappa shape index (κ1) is 8.72. The van der Waals surface area contributed by atoms with E-state index in [0.29, 0.717) is 18.6 Å². The molecular weight excluding hydrogens is 140 g/mol. The van der Waals surface area contributed by atoms with Crippen LogP contribution in [0.25, 0.3) is 0 Å². The van der Waals surface area contributed by atoms with Gasteiger partial charge in [0.15, 0.2) is 0 Å².